The topological polar surface area (TPSA) is 58.6 Å². The molecule has 1 N–H and O–H groups in total. The Balaban J connectivity index is 2.23. The zero-order chi connectivity index (χ0) is 15.6. The number of ether oxygens (including phenoxy) is 1. The van der Waals surface area contributed by atoms with Crippen molar-refractivity contribution in [1.29, 1.82) is 0 Å². The Morgan fingerprint density at radius 3 is 2.67 bits per heavy atom. The van der Waals surface area contributed by atoms with Gasteiger partial charge in [-0.1, -0.05) is 13.3 Å². The first kappa shape index (κ1) is 16.3. The number of nitrogens with zero attached hydrogens (tertiary/aromatic N) is 1. The molecule has 5 nitrogen and oxygen atoms in total. The number of carbonyl (C=O) groups is 2. The number of rotatable bonds is 4. The van der Waals surface area contributed by atoms with Crippen LogP contribution in [0.3, 0.4) is 0 Å². The number of amides is 2. The van der Waals surface area contributed by atoms with Gasteiger partial charge in [0.2, 0.25) is 11.8 Å². The number of carbonyl (C=O) groups excluding carboxylic acids is 2. The number of methoxy groups -OCH3 is 1. The van der Waals surface area contributed by atoms with E-state index in [1.165, 1.54) is 0 Å². The van der Waals surface area contributed by atoms with E-state index in [2.05, 4.69) is 5.32 Å². The molecule has 2 amide bonds. The average molecular weight is 296 g/mol. The van der Waals surface area contributed by atoms with E-state index in [0.717, 1.165) is 32.1 Å². The Labute approximate surface area is 127 Å². The minimum atomic E-state index is -0.776. The second-order valence-corrected chi connectivity index (χ2v) is 6.76. The number of nitrogens with one attached hydrogen (secondary N) is 1. The third-order valence-corrected chi connectivity index (χ3v) is 4.87. The fourth-order valence-corrected chi connectivity index (χ4v) is 3.64. The van der Waals surface area contributed by atoms with Gasteiger partial charge in [-0.25, -0.2) is 0 Å². The van der Waals surface area contributed by atoms with E-state index in [0.29, 0.717) is 6.42 Å². The van der Waals surface area contributed by atoms with E-state index < -0.39 is 5.54 Å². The van der Waals surface area contributed by atoms with Gasteiger partial charge in [0.1, 0.15) is 11.6 Å². The maximum absolute atomic E-state index is 12.8. The molecule has 2 aliphatic rings. The molecule has 0 bridgehead atoms. The van der Waals surface area contributed by atoms with Gasteiger partial charge in [0.25, 0.3) is 0 Å². The zero-order valence-electron chi connectivity index (χ0n) is 13.6. The number of piperazine rings is 1. The Hall–Kier alpha value is -1.10. The lowest BCUT2D eigenvalue weighted by Crippen LogP contribution is -2.71. The largest absolute Gasteiger partial charge is 0.381 e. The molecule has 3 unspecified atom stereocenters. The van der Waals surface area contributed by atoms with Gasteiger partial charge in [-0.2, -0.15) is 0 Å². The summed E-state index contributed by atoms with van der Waals surface area (Å²) in [5.74, 6) is 0.0308. The molecule has 1 heterocycles. The molecule has 0 aromatic carbocycles. The highest BCUT2D eigenvalue weighted by Gasteiger charge is 2.49. The molecule has 21 heavy (non-hydrogen) atoms. The van der Waals surface area contributed by atoms with Crippen LogP contribution in [0.2, 0.25) is 0 Å². The summed E-state index contributed by atoms with van der Waals surface area (Å²) in [5, 5.41) is 2.89. The minimum absolute atomic E-state index is 0.0416. The Morgan fingerprint density at radius 2 is 2.05 bits per heavy atom. The highest BCUT2D eigenvalue weighted by atomic mass is 16.5. The van der Waals surface area contributed by atoms with Crippen molar-refractivity contribution in [3.8, 4) is 0 Å². The SMILES string of the molecule is CCCC1NC(=O)C(C)(C)N(C2CCCC(OC)C2)C1=O. The summed E-state index contributed by atoms with van der Waals surface area (Å²) < 4.78 is 5.48. The van der Waals surface area contributed by atoms with Gasteiger partial charge in [0, 0.05) is 13.2 Å². The molecule has 2 fully saturated rings. The van der Waals surface area contributed by atoms with E-state index in [4.69, 9.17) is 4.74 Å². The van der Waals surface area contributed by atoms with Gasteiger partial charge in [-0.05, 0) is 46.0 Å². The van der Waals surface area contributed by atoms with Gasteiger partial charge >= 0.3 is 0 Å². The molecule has 1 saturated heterocycles. The predicted octanol–water partition coefficient (Wildman–Crippen LogP) is 1.85. The molecule has 0 aromatic rings. The monoisotopic (exact) mass is 296 g/mol. The Bertz CT molecular complexity index is 408. The second kappa shape index (κ2) is 6.34. The van der Waals surface area contributed by atoms with Crippen LogP contribution in [-0.4, -0.2) is 47.6 Å². The minimum Gasteiger partial charge on any atom is -0.381 e. The maximum Gasteiger partial charge on any atom is 0.246 e. The van der Waals surface area contributed by atoms with Crippen molar-refractivity contribution in [2.24, 2.45) is 0 Å². The Morgan fingerprint density at radius 1 is 1.33 bits per heavy atom. The molecule has 5 heteroatoms. The van der Waals surface area contributed by atoms with E-state index >= 15 is 0 Å². The lowest BCUT2D eigenvalue weighted by atomic mass is 9.85. The van der Waals surface area contributed by atoms with Gasteiger partial charge in [0.05, 0.1) is 6.10 Å². The fourth-order valence-electron chi connectivity index (χ4n) is 3.64. The fraction of sp³-hybridized carbons (Fsp3) is 0.875. The van der Waals surface area contributed by atoms with Crippen LogP contribution in [0.1, 0.15) is 59.3 Å². The highest BCUT2D eigenvalue weighted by Crippen LogP contribution is 2.33. The Kier molecular flexibility index (Phi) is 4.91. The van der Waals surface area contributed by atoms with Gasteiger partial charge in [0.15, 0.2) is 0 Å². The summed E-state index contributed by atoms with van der Waals surface area (Å²) in [6.07, 6.45) is 5.66. The van der Waals surface area contributed by atoms with Crippen molar-refractivity contribution >= 4 is 11.8 Å². The molecule has 0 aromatic heterocycles. The normalized spacial score (nSPS) is 33.0. The van der Waals surface area contributed by atoms with Crippen LogP contribution in [0.4, 0.5) is 0 Å². The molecule has 1 aliphatic carbocycles. The smallest absolute Gasteiger partial charge is 0.246 e. The van der Waals surface area contributed by atoms with E-state index in [1.807, 2.05) is 25.7 Å². The summed E-state index contributed by atoms with van der Waals surface area (Å²) in [6, 6.07) is -0.255. The van der Waals surface area contributed by atoms with Crippen LogP contribution in [0, 0.1) is 0 Å². The van der Waals surface area contributed by atoms with Crippen LogP contribution < -0.4 is 5.32 Å². The molecular weight excluding hydrogens is 268 g/mol. The summed E-state index contributed by atoms with van der Waals surface area (Å²) in [5.41, 5.74) is -0.776. The van der Waals surface area contributed by atoms with Crippen LogP contribution in [0.25, 0.3) is 0 Å². The van der Waals surface area contributed by atoms with Crippen molar-refractivity contribution in [3.63, 3.8) is 0 Å². The average Bonchev–Trinajstić information content (AvgIpc) is 2.45. The van der Waals surface area contributed by atoms with Crippen LogP contribution >= 0.6 is 0 Å². The molecule has 3 atom stereocenters. The molecule has 2 rings (SSSR count). The third-order valence-electron chi connectivity index (χ3n) is 4.87. The van der Waals surface area contributed by atoms with E-state index in [-0.39, 0.29) is 30.0 Å². The van der Waals surface area contributed by atoms with Crippen molar-refractivity contribution < 1.29 is 14.3 Å². The van der Waals surface area contributed by atoms with Crippen molar-refractivity contribution in [3.05, 3.63) is 0 Å². The summed E-state index contributed by atoms with van der Waals surface area (Å²) >= 11 is 0. The molecule has 1 saturated carbocycles. The quantitative estimate of drug-likeness (QED) is 0.861. The first-order valence-electron chi connectivity index (χ1n) is 8.08. The number of hydrogen-bond donors (Lipinski definition) is 1. The molecule has 120 valence electrons. The van der Waals surface area contributed by atoms with E-state index in [1.54, 1.807) is 7.11 Å². The summed E-state index contributed by atoms with van der Waals surface area (Å²) in [4.78, 5) is 27.1. The second-order valence-electron chi connectivity index (χ2n) is 6.76. The molecular formula is C16H28N2O3. The standard InChI is InChI=1S/C16H28N2O3/c1-5-7-13-14(19)18(16(2,3)15(20)17-13)11-8-6-9-12(10-11)21-4/h11-13H,5-10H2,1-4H3,(H,17,20). The van der Waals surface area contributed by atoms with Crippen molar-refractivity contribution in [2.45, 2.75) is 83.0 Å². The van der Waals surface area contributed by atoms with Crippen LogP contribution in [0.15, 0.2) is 0 Å². The van der Waals surface area contributed by atoms with E-state index in [9.17, 15) is 9.59 Å². The lowest BCUT2D eigenvalue weighted by molar-refractivity contribution is -0.161. The molecule has 0 radical (unpaired) electrons. The van der Waals surface area contributed by atoms with Gasteiger partial charge < -0.3 is 15.0 Å². The van der Waals surface area contributed by atoms with Crippen molar-refractivity contribution in [1.82, 2.24) is 10.2 Å². The first-order valence-corrected chi connectivity index (χ1v) is 8.08. The number of hydrogen-bond acceptors (Lipinski definition) is 3. The zero-order valence-corrected chi connectivity index (χ0v) is 13.6. The van der Waals surface area contributed by atoms with Crippen LogP contribution in [-0.2, 0) is 14.3 Å². The molecule has 1 aliphatic heterocycles. The van der Waals surface area contributed by atoms with Gasteiger partial charge in [-0.3, -0.25) is 9.59 Å². The predicted molar refractivity (Wildman–Crippen MR) is 80.8 cm³/mol. The third kappa shape index (κ3) is 3.07. The maximum atomic E-state index is 12.8. The summed E-state index contributed by atoms with van der Waals surface area (Å²) in [7, 11) is 1.73. The van der Waals surface area contributed by atoms with Crippen LogP contribution in [0.5, 0.6) is 0 Å². The molecule has 0 spiro atoms. The first-order chi connectivity index (χ1) is 9.91. The van der Waals surface area contributed by atoms with Crippen molar-refractivity contribution in [2.75, 3.05) is 7.11 Å². The van der Waals surface area contributed by atoms with Gasteiger partial charge in [-0.15, -0.1) is 0 Å². The highest BCUT2D eigenvalue weighted by molar-refractivity contribution is 5.99. The lowest BCUT2D eigenvalue weighted by Gasteiger charge is -2.50. The summed E-state index contributed by atoms with van der Waals surface area (Å²) in [6.45, 7) is 5.72.